The van der Waals surface area contributed by atoms with Crippen LogP contribution in [0.5, 0.6) is 11.5 Å². The highest BCUT2D eigenvalue weighted by Gasteiger charge is 2.47. The molecule has 6 nitrogen and oxygen atoms in total. The van der Waals surface area contributed by atoms with Gasteiger partial charge in [-0.2, -0.15) is 0 Å². The molecule has 2 atom stereocenters. The number of hydrogen-bond acceptors (Lipinski definition) is 5. The summed E-state index contributed by atoms with van der Waals surface area (Å²) in [6.45, 7) is 3.69. The maximum absolute atomic E-state index is 13.4. The van der Waals surface area contributed by atoms with Crippen LogP contribution in [-0.2, 0) is 21.6 Å². The van der Waals surface area contributed by atoms with Crippen LogP contribution >= 0.6 is 11.6 Å². The van der Waals surface area contributed by atoms with Gasteiger partial charge in [-0.25, -0.2) is 0 Å². The highest BCUT2D eigenvalue weighted by molar-refractivity contribution is 6.32. The lowest BCUT2D eigenvalue weighted by Crippen LogP contribution is -2.54. The van der Waals surface area contributed by atoms with Gasteiger partial charge in [0.25, 0.3) is 5.91 Å². The monoisotopic (exact) mass is 543 g/mol. The van der Waals surface area contributed by atoms with Gasteiger partial charge in [0.15, 0.2) is 5.75 Å². The zero-order valence-corrected chi connectivity index (χ0v) is 23.5. The van der Waals surface area contributed by atoms with Crippen molar-refractivity contribution in [1.29, 1.82) is 0 Å². The van der Waals surface area contributed by atoms with Gasteiger partial charge in [0.1, 0.15) is 11.4 Å². The van der Waals surface area contributed by atoms with Crippen LogP contribution in [0.25, 0.3) is 0 Å². The fourth-order valence-electron chi connectivity index (χ4n) is 6.12. The molecule has 208 valence electrons. The van der Waals surface area contributed by atoms with Crippen LogP contribution in [0.15, 0.2) is 42.5 Å². The van der Waals surface area contributed by atoms with Crippen LogP contribution in [0.2, 0.25) is 5.02 Å². The van der Waals surface area contributed by atoms with Crippen LogP contribution in [-0.4, -0.2) is 53.4 Å². The number of benzene rings is 2. The third kappa shape index (κ3) is 6.36. The minimum absolute atomic E-state index is 0.194. The molecule has 1 saturated heterocycles. The predicted molar refractivity (Wildman–Crippen MR) is 150 cm³/mol. The maximum atomic E-state index is 13.4. The lowest BCUT2D eigenvalue weighted by molar-refractivity contribution is -0.155. The van der Waals surface area contributed by atoms with Crippen LogP contribution in [0.3, 0.4) is 0 Å². The summed E-state index contributed by atoms with van der Waals surface area (Å²) in [5.41, 5.74) is -0.749. The second-order valence-corrected chi connectivity index (χ2v) is 11.3. The molecular formula is C31H42ClNO5. The third-order valence-electron chi connectivity index (χ3n) is 8.33. The Morgan fingerprint density at radius 1 is 1.16 bits per heavy atom. The molecule has 2 aliphatic rings. The first-order valence-corrected chi connectivity index (χ1v) is 14.5. The summed E-state index contributed by atoms with van der Waals surface area (Å²) in [4.78, 5) is 15.2. The molecule has 2 aromatic rings. The quantitative estimate of drug-likeness (QED) is 0.328. The van der Waals surface area contributed by atoms with Crippen molar-refractivity contribution >= 4 is 17.5 Å². The maximum Gasteiger partial charge on any atom is 0.254 e. The number of para-hydroxylation sites is 1. The number of carbonyl (C=O) groups is 1. The second-order valence-electron chi connectivity index (χ2n) is 10.9. The predicted octanol–water partition coefficient (Wildman–Crippen LogP) is 6.24. The first-order valence-electron chi connectivity index (χ1n) is 14.1. The van der Waals surface area contributed by atoms with E-state index >= 15 is 0 Å². The number of ether oxygens (including phenoxy) is 2. The summed E-state index contributed by atoms with van der Waals surface area (Å²) in [5.74, 6) is 0.704. The number of rotatable bonds is 11. The van der Waals surface area contributed by atoms with E-state index in [2.05, 4.69) is 13.0 Å². The van der Waals surface area contributed by atoms with Crippen molar-refractivity contribution < 1.29 is 24.5 Å². The first kappa shape index (κ1) is 28.9. The molecule has 1 amide bonds. The van der Waals surface area contributed by atoms with Gasteiger partial charge in [-0.3, -0.25) is 4.79 Å². The molecule has 38 heavy (non-hydrogen) atoms. The van der Waals surface area contributed by atoms with Gasteiger partial charge in [0.05, 0.1) is 10.6 Å². The highest BCUT2D eigenvalue weighted by atomic mass is 35.5. The highest BCUT2D eigenvalue weighted by Crippen LogP contribution is 2.47. The van der Waals surface area contributed by atoms with Crippen molar-refractivity contribution in [2.45, 2.75) is 82.3 Å². The fraction of sp³-hybridized carbons (Fsp3) is 0.581. The number of hydrogen-bond donors (Lipinski definition) is 2. The summed E-state index contributed by atoms with van der Waals surface area (Å²) in [6, 6.07) is 13.4. The van der Waals surface area contributed by atoms with E-state index in [9.17, 15) is 15.0 Å². The number of amides is 1. The van der Waals surface area contributed by atoms with Gasteiger partial charge in [-0.15, -0.1) is 0 Å². The van der Waals surface area contributed by atoms with Crippen molar-refractivity contribution in [1.82, 2.24) is 4.90 Å². The Labute approximate surface area is 231 Å². The van der Waals surface area contributed by atoms with Gasteiger partial charge in [-0.05, 0) is 88.0 Å². The molecule has 4 rings (SSSR count). The van der Waals surface area contributed by atoms with Gasteiger partial charge >= 0.3 is 0 Å². The Morgan fingerprint density at radius 3 is 2.66 bits per heavy atom. The van der Waals surface area contributed by atoms with E-state index in [1.165, 1.54) is 0 Å². The lowest BCUT2D eigenvalue weighted by Gasteiger charge is -2.44. The molecule has 0 radical (unpaired) electrons. The Kier molecular flexibility index (Phi) is 9.74. The molecule has 1 aliphatic heterocycles. The number of piperidine rings is 1. The van der Waals surface area contributed by atoms with E-state index in [4.69, 9.17) is 21.1 Å². The lowest BCUT2D eigenvalue weighted by atomic mass is 9.73. The first-order chi connectivity index (χ1) is 18.3. The zero-order chi connectivity index (χ0) is 27.2. The molecule has 1 aliphatic carbocycles. The SMILES string of the molecule is CCc1cccc(Oc2c(Cl)cccc2C(O)(CCCCOC)[C@@H]2CCCN(C(=O)C3(O)CCCC3)C2)c1. The number of methoxy groups -OCH3 is 1. The number of aliphatic hydroxyl groups is 2. The topological polar surface area (TPSA) is 79.2 Å². The normalized spacial score (nSPS) is 20.8. The molecule has 0 bridgehead atoms. The van der Waals surface area contributed by atoms with Gasteiger partial charge in [0.2, 0.25) is 0 Å². The summed E-state index contributed by atoms with van der Waals surface area (Å²) in [6.07, 6.45) is 7.21. The minimum atomic E-state index is -1.27. The smallest absolute Gasteiger partial charge is 0.254 e. The number of unbranched alkanes of at least 4 members (excludes halogenated alkanes) is 1. The van der Waals surface area contributed by atoms with Crippen LogP contribution in [0, 0.1) is 5.92 Å². The molecule has 1 unspecified atom stereocenters. The zero-order valence-electron chi connectivity index (χ0n) is 22.8. The molecular weight excluding hydrogens is 502 g/mol. The molecule has 1 saturated carbocycles. The average molecular weight is 544 g/mol. The Balaban J connectivity index is 1.67. The van der Waals surface area contributed by atoms with Crippen molar-refractivity contribution in [2.24, 2.45) is 5.92 Å². The minimum Gasteiger partial charge on any atom is -0.455 e. The van der Waals surface area contributed by atoms with Gasteiger partial charge in [-0.1, -0.05) is 42.8 Å². The molecule has 1 heterocycles. The van der Waals surface area contributed by atoms with Gasteiger partial charge in [0, 0.05) is 38.3 Å². The standard InChI is InChI=1S/C31H42ClNO5/c1-3-23-11-8-13-25(21-23)38-28-26(14-9-15-27(28)32)31(36,18-6-7-20-37-2)24-12-10-19-33(22-24)29(34)30(35)16-4-5-17-30/h8-9,11,13-15,21,24,35-36H,3-7,10,12,16-20,22H2,1-2H3/t24-,31?/m1/s1. The Hall–Kier alpha value is -2.12. The number of likely N-dealkylation sites (tertiary alicyclic amines) is 1. The van der Waals surface area contributed by atoms with Crippen molar-refractivity contribution in [3.8, 4) is 11.5 Å². The molecule has 0 spiro atoms. The van der Waals surface area contributed by atoms with E-state index in [1.807, 2.05) is 30.3 Å². The average Bonchev–Trinajstić information content (AvgIpc) is 3.39. The Morgan fingerprint density at radius 2 is 1.92 bits per heavy atom. The summed E-state index contributed by atoms with van der Waals surface area (Å²) >= 11 is 6.71. The van der Waals surface area contributed by atoms with E-state index in [-0.39, 0.29) is 11.8 Å². The van der Waals surface area contributed by atoms with Crippen molar-refractivity contribution in [3.05, 3.63) is 58.6 Å². The molecule has 2 N–H and O–H groups in total. The largest absolute Gasteiger partial charge is 0.455 e. The number of aryl methyl sites for hydroxylation is 1. The number of nitrogens with zero attached hydrogens (tertiary/aromatic N) is 1. The molecule has 7 heteroatoms. The Bertz CT molecular complexity index is 1090. The van der Waals surface area contributed by atoms with E-state index in [0.717, 1.165) is 50.5 Å². The molecule has 2 fully saturated rings. The summed E-state index contributed by atoms with van der Waals surface area (Å²) in [7, 11) is 1.68. The second kappa shape index (κ2) is 12.8. The van der Waals surface area contributed by atoms with E-state index in [0.29, 0.717) is 61.0 Å². The number of halogens is 1. The third-order valence-corrected chi connectivity index (χ3v) is 8.63. The number of carbonyl (C=O) groups excluding carboxylic acids is 1. The van der Waals surface area contributed by atoms with Gasteiger partial charge < -0.3 is 24.6 Å². The van der Waals surface area contributed by atoms with Crippen LogP contribution < -0.4 is 4.74 Å². The van der Waals surface area contributed by atoms with Crippen LogP contribution in [0.4, 0.5) is 0 Å². The van der Waals surface area contributed by atoms with E-state index < -0.39 is 11.2 Å². The van der Waals surface area contributed by atoms with Crippen LogP contribution in [0.1, 0.15) is 75.8 Å². The van der Waals surface area contributed by atoms with Crippen molar-refractivity contribution in [2.75, 3.05) is 26.8 Å². The van der Waals surface area contributed by atoms with E-state index in [1.54, 1.807) is 18.1 Å². The fourth-order valence-corrected chi connectivity index (χ4v) is 6.33. The molecule has 2 aromatic carbocycles. The summed E-state index contributed by atoms with van der Waals surface area (Å²) in [5, 5.41) is 24.0. The summed E-state index contributed by atoms with van der Waals surface area (Å²) < 4.78 is 11.6. The molecule has 0 aromatic heterocycles. The van der Waals surface area contributed by atoms with Crippen molar-refractivity contribution in [3.63, 3.8) is 0 Å².